The molecule has 1 aromatic carbocycles. The van der Waals surface area contributed by atoms with Crippen LogP contribution in [0.2, 0.25) is 0 Å². The molecule has 2 rings (SSSR count). The summed E-state index contributed by atoms with van der Waals surface area (Å²) in [6.45, 7) is 3.33. The van der Waals surface area contributed by atoms with Crippen LogP contribution in [0, 0.1) is 0 Å². The van der Waals surface area contributed by atoms with Crippen LogP contribution in [-0.2, 0) is 14.3 Å². The second-order valence-electron chi connectivity index (χ2n) is 5.05. The van der Waals surface area contributed by atoms with Gasteiger partial charge in [-0.1, -0.05) is 0 Å². The molecule has 1 saturated heterocycles. The number of rotatable bonds is 5. The molecule has 0 bridgehead atoms. The zero-order valence-corrected chi connectivity index (χ0v) is 12.5. The highest BCUT2D eigenvalue weighted by molar-refractivity contribution is 5.89. The first-order chi connectivity index (χ1) is 10.2. The van der Waals surface area contributed by atoms with E-state index in [2.05, 4.69) is 4.74 Å². The molecule has 0 N–H and O–H groups in total. The van der Waals surface area contributed by atoms with Crippen LogP contribution in [0.5, 0.6) is 0 Å². The van der Waals surface area contributed by atoms with E-state index in [1.54, 1.807) is 12.1 Å². The molecule has 0 spiro atoms. The molecular formula is C16H21NO4. The molecule has 2 unspecified atom stereocenters. The van der Waals surface area contributed by atoms with Crippen LogP contribution < -0.4 is 4.90 Å². The van der Waals surface area contributed by atoms with Gasteiger partial charge in [0.25, 0.3) is 0 Å². The summed E-state index contributed by atoms with van der Waals surface area (Å²) in [6.07, 6.45) is 2.81. The number of hydrogen-bond donors (Lipinski definition) is 0. The molecule has 1 aromatic rings. The number of carbonyl (C=O) groups is 2. The fourth-order valence-corrected chi connectivity index (χ4v) is 2.68. The predicted octanol–water partition coefficient (Wildman–Crippen LogP) is 2.05. The molecule has 0 saturated carbocycles. The number of ether oxygens (including phenoxy) is 2. The van der Waals surface area contributed by atoms with E-state index in [9.17, 15) is 9.59 Å². The molecule has 1 aliphatic rings. The first-order valence-electron chi connectivity index (χ1n) is 7.21. The van der Waals surface area contributed by atoms with Crippen LogP contribution in [0.3, 0.4) is 0 Å². The second-order valence-corrected chi connectivity index (χ2v) is 5.05. The van der Waals surface area contributed by atoms with E-state index in [0.717, 1.165) is 24.8 Å². The molecule has 1 aliphatic heterocycles. The minimum absolute atomic E-state index is 0.134. The highest BCUT2D eigenvalue weighted by Crippen LogP contribution is 2.25. The average molecular weight is 291 g/mol. The van der Waals surface area contributed by atoms with Crippen molar-refractivity contribution in [2.24, 2.45) is 0 Å². The first-order valence-corrected chi connectivity index (χ1v) is 7.21. The molecule has 0 aliphatic carbocycles. The molecule has 114 valence electrons. The number of methoxy groups -OCH3 is 1. The Morgan fingerprint density at radius 2 is 2.05 bits per heavy atom. The van der Waals surface area contributed by atoms with E-state index in [1.807, 2.05) is 24.0 Å². The van der Waals surface area contributed by atoms with Gasteiger partial charge in [0.1, 0.15) is 6.29 Å². The lowest BCUT2D eigenvalue weighted by Crippen LogP contribution is -2.47. The van der Waals surface area contributed by atoms with Gasteiger partial charge in [-0.3, -0.25) is 0 Å². The van der Waals surface area contributed by atoms with E-state index in [0.29, 0.717) is 18.7 Å². The number of esters is 1. The van der Waals surface area contributed by atoms with Crippen LogP contribution in [-0.4, -0.2) is 44.7 Å². The maximum Gasteiger partial charge on any atom is 0.337 e. The zero-order valence-electron chi connectivity index (χ0n) is 12.5. The van der Waals surface area contributed by atoms with E-state index >= 15 is 0 Å². The van der Waals surface area contributed by atoms with E-state index in [4.69, 9.17) is 4.74 Å². The van der Waals surface area contributed by atoms with Crippen molar-refractivity contribution in [3.63, 3.8) is 0 Å². The summed E-state index contributed by atoms with van der Waals surface area (Å²) in [4.78, 5) is 24.8. The Morgan fingerprint density at radius 3 is 2.62 bits per heavy atom. The third-order valence-corrected chi connectivity index (χ3v) is 3.76. The van der Waals surface area contributed by atoms with Crippen LogP contribution in [0.4, 0.5) is 5.69 Å². The van der Waals surface area contributed by atoms with Crippen molar-refractivity contribution < 1.29 is 19.1 Å². The summed E-state index contributed by atoms with van der Waals surface area (Å²) in [5.74, 6) is -0.362. The fourth-order valence-electron chi connectivity index (χ4n) is 2.68. The number of piperidine rings is 1. The summed E-state index contributed by atoms with van der Waals surface area (Å²) in [5.41, 5.74) is 1.42. The number of carbonyl (C=O) groups excluding carboxylic acids is 2. The SMILES string of the molecule is CCOC1CCC(C=O)N(c2ccc(C(=O)OC)cc2)C1. The van der Waals surface area contributed by atoms with Crippen molar-refractivity contribution in [2.75, 3.05) is 25.2 Å². The maximum atomic E-state index is 11.4. The van der Waals surface area contributed by atoms with Crippen LogP contribution >= 0.6 is 0 Å². The van der Waals surface area contributed by atoms with Gasteiger partial charge in [-0.05, 0) is 44.0 Å². The molecule has 1 fully saturated rings. The summed E-state index contributed by atoms with van der Waals surface area (Å²) in [7, 11) is 1.36. The third kappa shape index (κ3) is 3.61. The minimum Gasteiger partial charge on any atom is -0.465 e. The van der Waals surface area contributed by atoms with Gasteiger partial charge in [0.15, 0.2) is 0 Å². The van der Waals surface area contributed by atoms with Crippen LogP contribution in [0.15, 0.2) is 24.3 Å². The van der Waals surface area contributed by atoms with Gasteiger partial charge in [0.2, 0.25) is 0 Å². The van der Waals surface area contributed by atoms with Gasteiger partial charge in [0, 0.05) is 18.8 Å². The molecular weight excluding hydrogens is 270 g/mol. The Labute approximate surface area is 124 Å². The Morgan fingerprint density at radius 1 is 1.33 bits per heavy atom. The van der Waals surface area contributed by atoms with Gasteiger partial charge in [-0.15, -0.1) is 0 Å². The van der Waals surface area contributed by atoms with Gasteiger partial charge in [-0.2, -0.15) is 0 Å². The first kappa shape index (κ1) is 15.5. The molecule has 1 heterocycles. The number of benzene rings is 1. The second kappa shape index (κ2) is 7.22. The lowest BCUT2D eigenvalue weighted by atomic mass is 9.99. The molecule has 2 atom stereocenters. The lowest BCUT2D eigenvalue weighted by molar-refractivity contribution is -0.109. The number of anilines is 1. The Hall–Kier alpha value is -1.88. The molecule has 0 radical (unpaired) electrons. The fraction of sp³-hybridized carbons (Fsp3) is 0.500. The van der Waals surface area contributed by atoms with Crippen molar-refractivity contribution in [3.05, 3.63) is 29.8 Å². The smallest absolute Gasteiger partial charge is 0.337 e. The Kier molecular flexibility index (Phi) is 5.33. The van der Waals surface area contributed by atoms with Crippen molar-refractivity contribution in [1.29, 1.82) is 0 Å². The van der Waals surface area contributed by atoms with Crippen LogP contribution in [0.1, 0.15) is 30.1 Å². The van der Waals surface area contributed by atoms with Crippen molar-refractivity contribution in [1.82, 2.24) is 0 Å². The largest absolute Gasteiger partial charge is 0.465 e. The molecule has 5 nitrogen and oxygen atoms in total. The summed E-state index contributed by atoms with van der Waals surface area (Å²) in [6, 6.07) is 6.99. The van der Waals surface area contributed by atoms with Crippen LogP contribution in [0.25, 0.3) is 0 Å². The minimum atomic E-state index is -0.362. The molecule has 0 aromatic heterocycles. The van der Waals surface area contributed by atoms with Gasteiger partial charge < -0.3 is 19.2 Å². The van der Waals surface area contributed by atoms with Crippen molar-refractivity contribution >= 4 is 17.9 Å². The van der Waals surface area contributed by atoms with E-state index < -0.39 is 0 Å². The van der Waals surface area contributed by atoms with Gasteiger partial charge >= 0.3 is 5.97 Å². The molecule has 0 amide bonds. The summed E-state index contributed by atoms with van der Waals surface area (Å²) in [5, 5.41) is 0. The highest BCUT2D eigenvalue weighted by atomic mass is 16.5. The maximum absolute atomic E-state index is 11.4. The predicted molar refractivity (Wildman–Crippen MR) is 79.6 cm³/mol. The Bertz CT molecular complexity index is 486. The average Bonchev–Trinajstić information content (AvgIpc) is 2.54. The summed E-state index contributed by atoms with van der Waals surface area (Å²) < 4.78 is 10.4. The highest BCUT2D eigenvalue weighted by Gasteiger charge is 2.28. The normalized spacial score (nSPS) is 21.9. The molecule has 5 heteroatoms. The van der Waals surface area contributed by atoms with Gasteiger partial charge in [-0.25, -0.2) is 4.79 Å². The quantitative estimate of drug-likeness (QED) is 0.614. The number of nitrogens with zero attached hydrogens (tertiary/aromatic N) is 1. The topological polar surface area (TPSA) is 55.8 Å². The monoisotopic (exact) mass is 291 g/mol. The zero-order chi connectivity index (χ0) is 15.2. The summed E-state index contributed by atoms with van der Waals surface area (Å²) >= 11 is 0. The Balaban J connectivity index is 2.16. The lowest BCUT2D eigenvalue weighted by Gasteiger charge is -2.38. The van der Waals surface area contributed by atoms with E-state index in [-0.39, 0.29) is 18.1 Å². The van der Waals surface area contributed by atoms with E-state index in [1.165, 1.54) is 7.11 Å². The number of hydrogen-bond acceptors (Lipinski definition) is 5. The van der Waals surface area contributed by atoms with Gasteiger partial charge in [0.05, 0.1) is 24.8 Å². The van der Waals surface area contributed by atoms with Crippen molar-refractivity contribution in [3.8, 4) is 0 Å². The number of aldehydes is 1. The standard InChI is InChI=1S/C16H21NO4/c1-3-21-15-9-8-14(11-18)17(10-15)13-6-4-12(5-7-13)16(19)20-2/h4-7,11,14-15H,3,8-10H2,1-2H3. The molecule has 21 heavy (non-hydrogen) atoms. The van der Waals surface area contributed by atoms with Crippen molar-refractivity contribution in [2.45, 2.75) is 31.9 Å². The third-order valence-electron chi connectivity index (χ3n) is 3.76.